The van der Waals surface area contributed by atoms with Crippen LogP contribution in [0.1, 0.15) is 30.1 Å². The average molecular weight is 309 g/mol. The normalized spacial score (nSPS) is 11.1. The molecule has 3 rings (SSSR count). The van der Waals surface area contributed by atoms with Gasteiger partial charge in [-0.2, -0.15) is 0 Å². The number of amides is 1. The maximum atomic E-state index is 12.8. The highest BCUT2D eigenvalue weighted by molar-refractivity contribution is 5.94. The van der Waals surface area contributed by atoms with Crippen LogP contribution in [-0.2, 0) is 6.54 Å². The third-order valence-corrected chi connectivity index (χ3v) is 3.48. The molecule has 0 atom stereocenters. The predicted octanol–water partition coefficient (Wildman–Crippen LogP) is 3.52. The minimum Gasteiger partial charge on any atom is -0.467 e. The van der Waals surface area contributed by atoms with Crippen molar-refractivity contribution in [3.63, 3.8) is 0 Å². The maximum absolute atomic E-state index is 12.8. The zero-order valence-electron chi connectivity index (χ0n) is 13.3. The summed E-state index contributed by atoms with van der Waals surface area (Å²) in [6.07, 6.45) is 3.30. The van der Waals surface area contributed by atoms with E-state index >= 15 is 0 Å². The number of rotatable bonds is 5. The van der Waals surface area contributed by atoms with E-state index < -0.39 is 0 Å². The number of furan rings is 1. The van der Waals surface area contributed by atoms with E-state index in [0.29, 0.717) is 30.3 Å². The lowest BCUT2D eigenvalue weighted by Crippen LogP contribution is -2.34. The summed E-state index contributed by atoms with van der Waals surface area (Å²) in [5, 5.41) is 0.922. The lowest BCUT2D eigenvalue weighted by atomic mass is 10.2. The molecule has 0 saturated heterocycles. The third-order valence-electron chi connectivity index (χ3n) is 3.48. The molecule has 0 aliphatic rings. The van der Waals surface area contributed by atoms with Gasteiger partial charge in [0.2, 0.25) is 0 Å². The highest BCUT2D eigenvalue weighted by atomic mass is 16.3. The quantitative estimate of drug-likeness (QED) is 0.723. The van der Waals surface area contributed by atoms with Crippen LogP contribution < -0.4 is 0 Å². The first-order valence-corrected chi connectivity index (χ1v) is 7.67. The van der Waals surface area contributed by atoms with Crippen molar-refractivity contribution in [1.82, 2.24) is 14.9 Å². The number of carbonyl (C=O) groups is 1. The molecule has 1 amide bonds. The molecule has 0 saturated carbocycles. The Morgan fingerprint density at radius 2 is 2.09 bits per heavy atom. The second-order valence-electron chi connectivity index (χ2n) is 5.91. The number of hydrogen-bond donors (Lipinski definition) is 0. The summed E-state index contributed by atoms with van der Waals surface area (Å²) in [4.78, 5) is 23.2. The monoisotopic (exact) mass is 309 g/mol. The molecule has 0 aliphatic heterocycles. The number of aromatic nitrogens is 2. The average Bonchev–Trinajstić information content (AvgIpc) is 3.06. The van der Waals surface area contributed by atoms with Gasteiger partial charge in [0.25, 0.3) is 5.91 Å². The van der Waals surface area contributed by atoms with Crippen LogP contribution >= 0.6 is 0 Å². The van der Waals surface area contributed by atoms with Crippen LogP contribution in [0, 0.1) is 5.92 Å². The van der Waals surface area contributed by atoms with Crippen molar-refractivity contribution in [2.45, 2.75) is 20.4 Å². The first-order chi connectivity index (χ1) is 11.1. The molecule has 3 aromatic heterocycles. The van der Waals surface area contributed by atoms with Gasteiger partial charge in [-0.3, -0.25) is 4.79 Å². The van der Waals surface area contributed by atoms with Gasteiger partial charge >= 0.3 is 0 Å². The molecule has 0 radical (unpaired) electrons. The number of fused-ring (bicyclic) bond motifs is 1. The predicted molar refractivity (Wildman–Crippen MR) is 87.8 cm³/mol. The van der Waals surface area contributed by atoms with E-state index in [-0.39, 0.29) is 5.91 Å². The fourth-order valence-electron chi connectivity index (χ4n) is 2.48. The highest BCUT2D eigenvalue weighted by Gasteiger charge is 2.20. The van der Waals surface area contributed by atoms with Crippen molar-refractivity contribution in [2.75, 3.05) is 6.54 Å². The Bertz CT molecular complexity index is 797. The zero-order valence-corrected chi connectivity index (χ0v) is 13.3. The van der Waals surface area contributed by atoms with E-state index in [1.54, 1.807) is 23.4 Å². The van der Waals surface area contributed by atoms with Gasteiger partial charge in [-0.25, -0.2) is 9.97 Å². The van der Waals surface area contributed by atoms with E-state index in [4.69, 9.17) is 4.42 Å². The van der Waals surface area contributed by atoms with Gasteiger partial charge in [-0.15, -0.1) is 0 Å². The Kier molecular flexibility index (Phi) is 4.37. The van der Waals surface area contributed by atoms with Crippen molar-refractivity contribution >= 4 is 16.9 Å². The zero-order chi connectivity index (χ0) is 16.2. The molecular formula is C18H19N3O2. The van der Waals surface area contributed by atoms with Gasteiger partial charge in [0, 0.05) is 18.1 Å². The summed E-state index contributed by atoms with van der Waals surface area (Å²) in [6, 6.07) is 11.1. The molecule has 0 aromatic carbocycles. The number of carbonyl (C=O) groups excluding carboxylic acids is 1. The van der Waals surface area contributed by atoms with E-state index in [0.717, 1.165) is 11.1 Å². The van der Waals surface area contributed by atoms with Gasteiger partial charge in [0.1, 0.15) is 11.5 Å². The van der Waals surface area contributed by atoms with Crippen molar-refractivity contribution < 1.29 is 9.21 Å². The summed E-state index contributed by atoms with van der Waals surface area (Å²) >= 11 is 0. The number of pyridine rings is 2. The smallest absolute Gasteiger partial charge is 0.272 e. The van der Waals surface area contributed by atoms with Crippen LogP contribution in [0.3, 0.4) is 0 Å². The highest BCUT2D eigenvalue weighted by Crippen LogP contribution is 2.14. The SMILES string of the molecule is CC(C)CN(Cc1ccco1)C(=O)c1ccc2cccnc2n1. The van der Waals surface area contributed by atoms with Crippen molar-refractivity contribution in [3.8, 4) is 0 Å². The van der Waals surface area contributed by atoms with Gasteiger partial charge in [0.15, 0.2) is 5.65 Å². The molecule has 0 aliphatic carbocycles. The topological polar surface area (TPSA) is 59.2 Å². The lowest BCUT2D eigenvalue weighted by Gasteiger charge is -2.23. The molecule has 0 fully saturated rings. The minimum absolute atomic E-state index is 0.109. The Hall–Kier alpha value is -2.69. The molecule has 118 valence electrons. The Morgan fingerprint density at radius 1 is 1.22 bits per heavy atom. The molecule has 0 bridgehead atoms. The van der Waals surface area contributed by atoms with Crippen molar-refractivity contribution in [2.24, 2.45) is 5.92 Å². The molecule has 23 heavy (non-hydrogen) atoms. The summed E-state index contributed by atoms with van der Waals surface area (Å²) < 4.78 is 5.38. The van der Waals surface area contributed by atoms with Gasteiger partial charge < -0.3 is 9.32 Å². The van der Waals surface area contributed by atoms with Crippen LogP contribution in [-0.4, -0.2) is 27.3 Å². The van der Waals surface area contributed by atoms with E-state index in [1.807, 2.05) is 30.3 Å². The summed E-state index contributed by atoms with van der Waals surface area (Å²) in [5.41, 5.74) is 0.990. The standard InChI is InChI=1S/C18H19N3O2/c1-13(2)11-21(12-15-6-4-10-23-15)18(22)16-8-7-14-5-3-9-19-17(14)20-16/h3-10,13H,11-12H2,1-2H3. The Balaban J connectivity index is 1.88. The Morgan fingerprint density at radius 3 is 2.83 bits per heavy atom. The van der Waals surface area contributed by atoms with Gasteiger partial charge in [-0.05, 0) is 42.3 Å². The van der Waals surface area contributed by atoms with Crippen molar-refractivity contribution in [1.29, 1.82) is 0 Å². The minimum atomic E-state index is -0.109. The number of nitrogens with zero attached hydrogens (tertiary/aromatic N) is 3. The molecule has 0 N–H and O–H groups in total. The second kappa shape index (κ2) is 6.60. The molecule has 5 heteroatoms. The second-order valence-corrected chi connectivity index (χ2v) is 5.91. The molecule has 0 unspecified atom stereocenters. The first kappa shape index (κ1) is 15.2. The molecule has 3 heterocycles. The fourth-order valence-corrected chi connectivity index (χ4v) is 2.48. The molecule has 0 spiro atoms. The van der Waals surface area contributed by atoms with Crippen LogP contribution in [0.4, 0.5) is 0 Å². The fraction of sp³-hybridized carbons (Fsp3) is 0.278. The largest absolute Gasteiger partial charge is 0.467 e. The lowest BCUT2D eigenvalue weighted by molar-refractivity contribution is 0.0704. The van der Waals surface area contributed by atoms with Gasteiger partial charge in [-0.1, -0.05) is 13.8 Å². The van der Waals surface area contributed by atoms with E-state index in [9.17, 15) is 4.79 Å². The third kappa shape index (κ3) is 3.56. The van der Waals surface area contributed by atoms with Crippen LogP contribution in [0.25, 0.3) is 11.0 Å². The molecule has 3 aromatic rings. The van der Waals surface area contributed by atoms with Crippen LogP contribution in [0.5, 0.6) is 0 Å². The first-order valence-electron chi connectivity index (χ1n) is 7.67. The summed E-state index contributed by atoms with van der Waals surface area (Å²) in [5.74, 6) is 1.01. The van der Waals surface area contributed by atoms with Gasteiger partial charge in [0.05, 0.1) is 12.8 Å². The van der Waals surface area contributed by atoms with E-state index in [2.05, 4.69) is 23.8 Å². The van der Waals surface area contributed by atoms with Crippen molar-refractivity contribution in [3.05, 3.63) is 60.3 Å². The summed E-state index contributed by atoms with van der Waals surface area (Å²) in [7, 11) is 0. The number of hydrogen-bond acceptors (Lipinski definition) is 4. The van der Waals surface area contributed by atoms with Crippen LogP contribution in [0.15, 0.2) is 53.3 Å². The Labute approximate surface area is 135 Å². The summed E-state index contributed by atoms with van der Waals surface area (Å²) in [6.45, 7) is 5.24. The maximum Gasteiger partial charge on any atom is 0.272 e. The van der Waals surface area contributed by atoms with Crippen LogP contribution in [0.2, 0.25) is 0 Å². The molecular weight excluding hydrogens is 290 g/mol. The molecule has 5 nitrogen and oxygen atoms in total. The van der Waals surface area contributed by atoms with E-state index in [1.165, 1.54) is 0 Å².